The van der Waals surface area contributed by atoms with Crippen LogP contribution in [0.15, 0.2) is 24.3 Å². The maximum Gasteiger partial charge on any atom is 0.358 e. The second-order valence-electron chi connectivity index (χ2n) is 8.80. The van der Waals surface area contributed by atoms with Crippen LogP contribution in [-0.4, -0.2) is 42.3 Å². The average Bonchev–Trinajstić information content (AvgIpc) is 2.72. The van der Waals surface area contributed by atoms with Crippen LogP contribution < -0.4 is 0 Å². The molecule has 30 heavy (non-hydrogen) atoms. The molecule has 0 saturated carbocycles. The van der Waals surface area contributed by atoms with Crippen molar-refractivity contribution in [2.45, 2.75) is 64.7 Å². The fourth-order valence-corrected chi connectivity index (χ4v) is 4.47. The summed E-state index contributed by atoms with van der Waals surface area (Å²) in [6, 6.07) is 7.36. The van der Waals surface area contributed by atoms with Gasteiger partial charge in [-0.25, -0.2) is 4.79 Å². The number of benzene rings is 1. The highest BCUT2D eigenvalue weighted by Gasteiger charge is 2.38. The molecule has 0 saturated heterocycles. The molecule has 0 aliphatic rings. The fourth-order valence-electron chi connectivity index (χ4n) is 3.49. The van der Waals surface area contributed by atoms with Gasteiger partial charge in [-0.2, -0.15) is 11.8 Å². The Bertz CT molecular complexity index is 694. The number of hydrogen-bond donors (Lipinski definition) is 1. The predicted octanol–water partition coefficient (Wildman–Crippen LogP) is 4.96. The second-order valence-corrected chi connectivity index (χ2v) is 9.90. The number of aliphatic hydroxyl groups excluding tert-OH is 1. The van der Waals surface area contributed by atoms with Gasteiger partial charge in [-0.15, -0.1) is 0 Å². The quantitative estimate of drug-likeness (QED) is 0.344. The number of ether oxygens (including phenoxy) is 1. The fraction of sp³-hybridized carbons (Fsp3) is 0.652. The van der Waals surface area contributed by atoms with Crippen LogP contribution in [0.1, 0.15) is 70.4 Å². The van der Waals surface area contributed by atoms with Crippen LogP contribution in [0.2, 0.25) is 0 Å². The summed E-state index contributed by atoms with van der Waals surface area (Å²) in [7, 11) is 1.35. The van der Waals surface area contributed by atoms with Gasteiger partial charge in [-0.3, -0.25) is 9.74 Å². The van der Waals surface area contributed by atoms with E-state index in [9.17, 15) is 14.1 Å². The lowest BCUT2D eigenvalue weighted by Gasteiger charge is -2.29. The van der Waals surface area contributed by atoms with Crippen molar-refractivity contribution in [2.75, 3.05) is 25.2 Å². The number of aliphatic hydroxyl groups is 1. The zero-order valence-corrected chi connectivity index (χ0v) is 19.5. The van der Waals surface area contributed by atoms with Crippen LogP contribution in [0.3, 0.4) is 0 Å². The van der Waals surface area contributed by atoms with E-state index in [-0.39, 0.29) is 30.3 Å². The average molecular weight is 443 g/mol. The van der Waals surface area contributed by atoms with Crippen LogP contribution in [-0.2, 0) is 24.7 Å². The van der Waals surface area contributed by atoms with Crippen molar-refractivity contribution < 1.29 is 28.9 Å². The molecule has 170 valence electrons. The summed E-state index contributed by atoms with van der Waals surface area (Å²) < 4.78 is 17.7. The van der Waals surface area contributed by atoms with Gasteiger partial charge in [0.15, 0.2) is 0 Å². The third-order valence-corrected chi connectivity index (χ3v) is 7.03. The Morgan fingerprint density at radius 1 is 1.23 bits per heavy atom. The molecule has 0 heterocycles. The van der Waals surface area contributed by atoms with Crippen LogP contribution in [0.4, 0.5) is 4.53 Å². The molecule has 1 unspecified atom stereocenters. The summed E-state index contributed by atoms with van der Waals surface area (Å²) in [6.45, 7) is 8.07. The van der Waals surface area contributed by atoms with Crippen molar-refractivity contribution in [3.8, 4) is 0 Å². The third-order valence-electron chi connectivity index (χ3n) is 5.57. The highest BCUT2D eigenvalue weighted by Crippen LogP contribution is 2.36. The first kappa shape index (κ1) is 26.4. The van der Waals surface area contributed by atoms with E-state index in [2.05, 4.69) is 18.8 Å². The highest BCUT2D eigenvalue weighted by molar-refractivity contribution is 7.99. The Morgan fingerprint density at radius 2 is 1.93 bits per heavy atom. The second kappa shape index (κ2) is 12.3. The number of hydrogen-bond acceptors (Lipinski definition) is 6. The summed E-state index contributed by atoms with van der Waals surface area (Å²) in [5.41, 5.74) is 0.477. The van der Waals surface area contributed by atoms with Gasteiger partial charge in [0.1, 0.15) is 0 Å². The van der Waals surface area contributed by atoms with E-state index in [4.69, 9.17) is 9.84 Å². The molecule has 1 N–H and O–H groups in total. The molecule has 0 aliphatic heterocycles. The van der Waals surface area contributed by atoms with E-state index in [1.54, 1.807) is 24.8 Å². The van der Waals surface area contributed by atoms with E-state index in [0.717, 1.165) is 24.2 Å². The Balaban J connectivity index is 2.96. The molecule has 5 nitrogen and oxygen atoms in total. The maximum atomic E-state index is 13.0. The minimum absolute atomic E-state index is 0.0389. The molecular weight excluding hydrogens is 407 g/mol. The lowest BCUT2D eigenvalue weighted by molar-refractivity contribution is -0.191. The van der Waals surface area contributed by atoms with E-state index < -0.39 is 11.4 Å². The summed E-state index contributed by atoms with van der Waals surface area (Å²) in [4.78, 5) is 27.7. The molecule has 1 aromatic rings. The van der Waals surface area contributed by atoms with Gasteiger partial charge < -0.3 is 9.84 Å². The summed E-state index contributed by atoms with van der Waals surface area (Å²) in [6.07, 6.45) is 2.25. The minimum Gasteiger partial charge on any atom is -0.469 e. The topological polar surface area (TPSA) is 72.8 Å². The van der Waals surface area contributed by atoms with Crippen LogP contribution in [0.25, 0.3) is 0 Å². The van der Waals surface area contributed by atoms with Gasteiger partial charge in [0, 0.05) is 10.3 Å². The number of esters is 1. The van der Waals surface area contributed by atoms with E-state index >= 15 is 0 Å². The number of rotatable bonds is 13. The van der Waals surface area contributed by atoms with Gasteiger partial charge in [0.25, 0.3) is 0 Å². The van der Waals surface area contributed by atoms with Crippen molar-refractivity contribution >= 4 is 23.7 Å². The maximum absolute atomic E-state index is 13.0. The Labute approximate surface area is 183 Å². The smallest absolute Gasteiger partial charge is 0.358 e. The van der Waals surface area contributed by atoms with E-state index in [1.165, 1.54) is 7.11 Å². The molecule has 2 atom stereocenters. The van der Waals surface area contributed by atoms with Gasteiger partial charge in [0.2, 0.25) is 0 Å². The predicted molar refractivity (Wildman–Crippen MR) is 118 cm³/mol. The highest BCUT2D eigenvalue weighted by atomic mass is 32.2. The van der Waals surface area contributed by atoms with Crippen molar-refractivity contribution in [1.82, 2.24) is 0 Å². The molecule has 0 bridgehead atoms. The Hall–Kier alpha value is -1.60. The molecule has 0 radical (unpaired) electrons. The zero-order valence-electron chi connectivity index (χ0n) is 18.7. The van der Waals surface area contributed by atoms with Gasteiger partial charge in [0.05, 0.1) is 25.6 Å². The van der Waals surface area contributed by atoms with E-state index in [0.29, 0.717) is 17.7 Å². The zero-order chi connectivity index (χ0) is 22.8. The molecule has 0 fully saturated rings. The molecule has 0 amide bonds. The molecule has 0 aromatic heterocycles. The first-order chi connectivity index (χ1) is 14.1. The number of thioether (sulfide) groups is 1. The SMILES string of the molecule is COC(=O)CC(C)c1cccc([C@@](C)(CCCC(C)(C)CSCCO)C(=O)OF)c1. The monoisotopic (exact) mass is 442 g/mol. The number of carbonyl (C=O) groups is 2. The van der Waals surface area contributed by atoms with Crippen molar-refractivity contribution in [3.05, 3.63) is 35.4 Å². The van der Waals surface area contributed by atoms with Gasteiger partial charge >= 0.3 is 11.9 Å². The number of methoxy groups -OCH3 is 1. The molecule has 0 spiro atoms. The first-order valence-corrected chi connectivity index (χ1v) is 11.4. The lowest BCUT2D eigenvalue weighted by Crippen LogP contribution is -2.33. The molecular formula is C23H35FO5S. The van der Waals surface area contributed by atoms with Gasteiger partial charge in [-0.1, -0.05) is 51.5 Å². The Kier molecular flexibility index (Phi) is 10.8. The van der Waals surface area contributed by atoms with Gasteiger partial charge in [-0.05, 0) is 48.0 Å². The lowest BCUT2D eigenvalue weighted by atomic mass is 9.75. The molecule has 1 rings (SSSR count). The van der Waals surface area contributed by atoms with Crippen molar-refractivity contribution in [3.63, 3.8) is 0 Å². The molecule has 0 aliphatic carbocycles. The minimum atomic E-state index is -1.12. The summed E-state index contributed by atoms with van der Waals surface area (Å²) in [5, 5.41) is 8.95. The molecule has 1 aromatic carbocycles. The Morgan fingerprint density at radius 3 is 2.53 bits per heavy atom. The van der Waals surface area contributed by atoms with E-state index in [1.807, 2.05) is 25.1 Å². The number of halogens is 1. The number of carbonyl (C=O) groups excluding carboxylic acids is 2. The van der Waals surface area contributed by atoms with Crippen LogP contribution in [0.5, 0.6) is 0 Å². The van der Waals surface area contributed by atoms with Crippen molar-refractivity contribution in [1.29, 1.82) is 0 Å². The third kappa shape index (κ3) is 7.91. The first-order valence-electron chi connectivity index (χ1n) is 10.3. The molecule has 7 heteroatoms. The summed E-state index contributed by atoms with van der Waals surface area (Å²) >= 11 is 1.70. The van der Waals surface area contributed by atoms with Crippen molar-refractivity contribution in [2.24, 2.45) is 5.41 Å². The van der Waals surface area contributed by atoms with Crippen LogP contribution >= 0.6 is 11.8 Å². The van der Waals surface area contributed by atoms with Crippen LogP contribution in [0, 0.1) is 5.41 Å². The standard InChI is InChI=1S/C23H35FO5S/c1-17(14-20(26)28-5)18-8-6-9-19(15-18)23(4,21(27)29-24)11-7-10-22(2,3)16-30-13-12-25/h6,8-9,15,17,25H,7,10-14,16H2,1-5H3/t17?,23-/m1/s1. The largest absolute Gasteiger partial charge is 0.469 e. The summed E-state index contributed by atoms with van der Waals surface area (Å²) in [5.74, 6) is 0.294. The normalized spacial score (nSPS) is 14.6.